The third-order valence-corrected chi connectivity index (χ3v) is 4.77. The van der Waals surface area contributed by atoms with Gasteiger partial charge in [-0.05, 0) is 35.4 Å². The molecular weight excluding hydrogens is 494 g/mol. The third kappa shape index (κ3) is 2.82. The van der Waals surface area contributed by atoms with E-state index in [1.54, 1.807) is 0 Å². The Kier molecular flexibility index (Phi) is 4.32. The Balaban J connectivity index is 0.00000168. The number of rotatable bonds is 2. The number of aromatic nitrogens is 1. The molecule has 0 saturated heterocycles. The van der Waals surface area contributed by atoms with Crippen molar-refractivity contribution in [2.75, 3.05) is 0 Å². The Bertz CT molecular complexity index is 1160. The van der Waals surface area contributed by atoms with Crippen LogP contribution in [0.15, 0.2) is 66.7 Å². The zero-order valence-corrected chi connectivity index (χ0v) is 16.7. The van der Waals surface area contributed by atoms with Crippen LogP contribution in [-0.2, 0) is 20.1 Å². The van der Waals surface area contributed by atoms with E-state index in [2.05, 4.69) is 85.8 Å². The van der Waals surface area contributed by atoms with Crippen LogP contribution in [0.3, 0.4) is 0 Å². The van der Waals surface area contributed by atoms with Crippen molar-refractivity contribution in [1.29, 1.82) is 0 Å². The fourth-order valence-corrected chi connectivity index (χ4v) is 3.55. The molecule has 0 unspecified atom stereocenters. The molecule has 1 aliphatic carbocycles. The molecule has 0 atom stereocenters. The smallest absolute Gasteiger partial charge is 0.0607 e. The normalized spacial score (nSPS) is 11.6. The van der Waals surface area contributed by atoms with Gasteiger partial charge in [0.25, 0.3) is 0 Å². The number of hydrogen-bond donors (Lipinski definition) is 0. The maximum absolute atomic E-state index is 4.89. The van der Waals surface area contributed by atoms with Crippen LogP contribution in [0.5, 0.6) is 0 Å². The second-order valence-corrected chi connectivity index (χ2v) is 6.53. The number of aryl methyl sites for hydroxylation is 1. The fraction of sp³-hybridized carbons (Fsp3) is 0.0417. The summed E-state index contributed by atoms with van der Waals surface area (Å²) in [7, 11) is 0. The van der Waals surface area contributed by atoms with Gasteiger partial charge >= 0.3 is 0 Å². The summed E-state index contributed by atoms with van der Waals surface area (Å²) in [6, 6.07) is 26.7. The Hall–Kier alpha value is -2.54. The molecule has 0 N–H and O–H groups in total. The summed E-state index contributed by atoms with van der Waals surface area (Å²) < 4.78 is 0. The number of benzene rings is 3. The first kappa shape index (κ1) is 16.9. The summed E-state index contributed by atoms with van der Waals surface area (Å²) in [4.78, 5) is 4.89. The molecule has 5 rings (SSSR count). The van der Waals surface area contributed by atoms with Gasteiger partial charge in [-0.2, -0.15) is 0 Å². The topological polar surface area (TPSA) is 12.9 Å². The molecule has 1 nitrogen and oxygen atoms in total. The Morgan fingerprint density at radius 2 is 1.62 bits per heavy atom. The summed E-state index contributed by atoms with van der Waals surface area (Å²) in [5.74, 6) is 0. The molecule has 0 amide bonds. The summed E-state index contributed by atoms with van der Waals surface area (Å²) in [5, 5.41) is 1.25. The van der Waals surface area contributed by atoms with Gasteiger partial charge in [0.05, 0.1) is 5.52 Å². The van der Waals surface area contributed by atoms with Crippen molar-refractivity contribution in [3.05, 3.63) is 89.5 Å². The summed E-state index contributed by atoms with van der Waals surface area (Å²) in [5.41, 5.74) is 9.23. The second-order valence-electron chi connectivity index (χ2n) is 6.53. The minimum atomic E-state index is 0. The first-order valence-corrected chi connectivity index (χ1v) is 8.49. The second kappa shape index (κ2) is 6.64. The van der Waals surface area contributed by atoms with E-state index in [9.17, 15) is 0 Å². The van der Waals surface area contributed by atoms with E-state index in [-0.39, 0.29) is 20.1 Å². The van der Waals surface area contributed by atoms with Crippen molar-refractivity contribution in [3.8, 4) is 22.4 Å². The molecule has 0 spiro atoms. The molecule has 1 heterocycles. The Morgan fingerprint density at radius 1 is 0.808 bits per heavy atom. The average molecular weight is 511 g/mol. The Labute approximate surface area is 166 Å². The van der Waals surface area contributed by atoms with Crippen LogP contribution in [-0.4, -0.2) is 4.98 Å². The minimum Gasteiger partial charge on any atom is -0.296 e. The minimum absolute atomic E-state index is 0. The SMILES string of the molecule is Cc1cccc(-c2cc[c-]c(-c3cc4c5c(cccc5n3)C=C4)c2)c1.[Ir]. The van der Waals surface area contributed by atoms with E-state index in [1.165, 1.54) is 33.2 Å². The van der Waals surface area contributed by atoms with Gasteiger partial charge in [-0.15, -0.1) is 35.4 Å². The molecular formula is C24H16IrN-. The molecule has 0 aliphatic heterocycles. The summed E-state index contributed by atoms with van der Waals surface area (Å²) in [6.45, 7) is 2.12. The number of hydrogen-bond acceptors (Lipinski definition) is 1. The van der Waals surface area contributed by atoms with Crippen molar-refractivity contribution in [2.24, 2.45) is 0 Å². The summed E-state index contributed by atoms with van der Waals surface area (Å²) in [6.07, 6.45) is 4.34. The molecule has 0 fully saturated rings. The fourth-order valence-electron chi connectivity index (χ4n) is 3.55. The quantitative estimate of drug-likeness (QED) is 0.259. The molecule has 127 valence electrons. The van der Waals surface area contributed by atoms with Crippen molar-refractivity contribution in [3.63, 3.8) is 0 Å². The molecule has 0 bridgehead atoms. The standard InChI is InChI=1S/C24H16N.Ir/c1-16-5-2-7-18(13-16)19-8-3-9-20(14-19)23-15-21-12-11-17-6-4-10-22(25-23)24(17)21;/h2-8,10-15H,1H3;/q-1;. The van der Waals surface area contributed by atoms with Gasteiger partial charge in [-0.1, -0.05) is 60.2 Å². The predicted octanol–water partition coefficient (Wildman–Crippen LogP) is 6.16. The van der Waals surface area contributed by atoms with Gasteiger partial charge in [0.2, 0.25) is 0 Å². The zero-order valence-electron chi connectivity index (χ0n) is 14.3. The van der Waals surface area contributed by atoms with Crippen LogP contribution in [0.2, 0.25) is 0 Å². The van der Waals surface area contributed by atoms with E-state index in [4.69, 9.17) is 4.98 Å². The predicted molar refractivity (Wildman–Crippen MR) is 105 cm³/mol. The van der Waals surface area contributed by atoms with Crippen molar-refractivity contribution in [2.45, 2.75) is 6.92 Å². The molecule has 0 saturated carbocycles. The van der Waals surface area contributed by atoms with Gasteiger partial charge in [0, 0.05) is 25.5 Å². The molecule has 3 aromatic carbocycles. The Morgan fingerprint density at radius 3 is 2.50 bits per heavy atom. The third-order valence-electron chi connectivity index (χ3n) is 4.77. The van der Waals surface area contributed by atoms with Crippen LogP contribution < -0.4 is 0 Å². The van der Waals surface area contributed by atoms with E-state index in [0.29, 0.717) is 0 Å². The van der Waals surface area contributed by atoms with E-state index >= 15 is 0 Å². The molecule has 1 radical (unpaired) electrons. The van der Waals surface area contributed by atoms with Gasteiger partial charge in [0.15, 0.2) is 0 Å². The van der Waals surface area contributed by atoms with Crippen molar-refractivity contribution < 1.29 is 20.1 Å². The van der Waals surface area contributed by atoms with Crippen molar-refractivity contribution >= 4 is 23.1 Å². The van der Waals surface area contributed by atoms with Gasteiger partial charge in [0.1, 0.15) is 0 Å². The van der Waals surface area contributed by atoms with Crippen LogP contribution in [0.25, 0.3) is 45.4 Å². The maximum Gasteiger partial charge on any atom is 0.0607 e. The van der Waals surface area contributed by atoms with Gasteiger partial charge in [-0.25, -0.2) is 0 Å². The first-order valence-electron chi connectivity index (χ1n) is 8.49. The molecule has 4 aromatic rings. The molecule has 1 aliphatic rings. The van der Waals surface area contributed by atoms with E-state index in [1.807, 2.05) is 6.07 Å². The van der Waals surface area contributed by atoms with E-state index < -0.39 is 0 Å². The largest absolute Gasteiger partial charge is 0.296 e. The molecule has 2 heteroatoms. The van der Waals surface area contributed by atoms with Crippen LogP contribution >= 0.6 is 0 Å². The zero-order chi connectivity index (χ0) is 16.8. The first-order chi connectivity index (χ1) is 12.3. The molecule has 1 aromatic heterocycles. The summed E-state index contributed by atoms with van der Waals surface area (Å²) >= 11 is 0. The van der Waals surface area contributed by atoms with Gasteiger partial charge < -0.3 is 0 Å². The monoisotopic (exact) mass is 511 g/mol. The number of pyridine rings is 1. The van der Waals surface area contributed by atoms with Crippen molar-refractivity contribution in [1.82, 2.24) is 4.98 Å². The maximum atomic E-state index is 4.89. The van der Waals surface area contributed by atoms with Gasteiger partial charge in [-0.3, -0.25) is 4.98 Å². The van der Waals surface area contributed by atoms with E-state index in [0.717, 1.165) is 16.8 Å². The average Bonchev–Trinajstić information content (AvgIpc) is 3.07. The van der Waals surface area contributed by atoms with Crippen LogP contribution in [0.1, 0.15) is 16.7 Å². The number of nitrogens with zero attached hydrogens (tertiary/aromatic N) is 1. The van der Waals surface area contributed by atoms with Crippen LogP contribution in [0.4, 0.5) is 0 Å². The molecule has 26 heavy (non-hydrogen) atoms. The van der Waals surface area contributed by atoms with Crippen LogP contribution in [0, 0.1) is 13.0 Å².